The Labute approximate surface area is 165 Å². The van der Waals surface area contributed by atoms with Crippen molar-refractivity contribution >= 4 is 16.9 Å². The smallest absolute Gasteiger partial charge is 0.253 e. The molecule has 0 radical (unpaired) electrons. The van der Waals surface area contributed by atoms with Crippen molar-refractivity contribution in [2.75, 3.05) is 19.6 Å². The van der Waals surface area contributed by atoms with Gasteiger partial charge in [0.2, 0.25) is 0 Å². The van der Waals surface area contributed by atoms with Crippen molar-refractivity contribution < 1.29 is 4.79 Å². The molecule has 3 aromatic rings. The summed E-state index contributed by atoms with van der Waals surface area (Å²) in [5.41, 5.74) is 3.51. The molecule has 6 nitrogen and oxygen atoms in total. The first kappa shape index (κ1) is 18.5. The van der Waals surface area contributed by atoms with Crippen LogP contribution in [0, 0.1) is 0 Å². The maximum Gasteiger partial charge on any atom is 0.253 e. The summed E-state index contributed by atoms with van der Waals surface area (Å²) >= 11 is 0. The Balaban J connectivity index is 1.48. The van der Waals surface area contributed by atoms with Gasteiger partial charge in [-0.25, -0.2) is 0 Å². The van der Waals surface area contributed by atoms with Gasteiger partial charge in [-0.2, -0.15) is 0 Å². The van der Waals surface area contributed by atoms with Crippen LogP contribution in [-0.4, -0.2) is 56.3 Å². The summed E-state index contributed by atoms with van der Waals surface area (Å²) in [4.78, 5) is 30.3. The first-order valence-electron chi connectivity index (χ1n) is 9.87. The van der Waals surface area contributed by atoms with Crippen molar-refractivity contribution in [1.29, 1.82) is 0 Å². The van der Waals surface area contributed by atoms with Crippen LogP contribution in [0.5, 0.6) is 0 Å². The van der Waals surface area contributed by atoms with Gasteiger partial charge < -0.3 is 4.90 Å². The number of hydrogen-bond donors (Lipinski definition) is 0. The van der Waals surface area contributed by atoms with E-state index in [1.165, 1.54) is 5.56 Å². The van der Waals surface area contributed by atoms with Gasteiger partial charge in [0.25, 0.3) is 5.91 Å². The molecule has 1 aliphatic heterocycles. The molecule has 144 valence electrons. The SMILES string of the molecule is CCN(Cc1ccncc1)[C@H]1CCCN(C(=O)c2ccc3nccnc3c2)C1. The maximum absolute atomic E-state index is 13.1. The number of nitrogens with zero attached hydrogens (tertiary/aromatic N) is 5. The van der Waals surface area contributed by atoms with Gasteiger partial charge in [-0.1, -0.05) is 6.92 Å². The lowest BCUT2D eigenvalue weighted by Gasteiger charge is -2.39. The predicted octanol–water partition coefficient (Wildman–Crippen LogP) is 3.15. The number of hydrogen-bond acceptors (Lipinski definition) is 5. The van der Waals surface area contributed by atoms with E-state index in [-0.39, 0.29) is 5.91 Å². The molecule has 1 saturated heterocycles. The monoisotopic (exact) mass is 375 g/mol. The van der Waals surface area contributed by atoms with E-state index in [4.69, 9.17) is 0 Å². The normalized spacial score (nSPS) is 17.2. The van der Waals surface area contributed by atoms with Crippen LogP contribution < -0.4 is 0 Å². The first-order valence-corrected chi connectivity index (χ1v) is 9.87. The first-order chi connectivity index (χ1) is 13.7. The highest BCUT2D eigenvalue weighted by atomic mass is 16.2. The van der Waals surface area contributed by atoms with E-state index in [9.17, 15) is 4.79 Å². The lowest BCUT2D eigenvalue weighted by Crippen LogP contribution is -2.49. The van der Waals surface area contributed by atoms with Gasteiger partial charge in [-0.15, -0.1) is 0 Å². The molecular weight excluding hydrogens is 350 g/mol. The molecule has 1 atom stereocenters. The second kappa shape index (κ2) is 8.44. The second-order valence-corrected chi connectivity index (χ2v) is 7.23. The van der Waals surface area contributed by atoms with Crippen LogP contribution in [0.25, 0.3) is 11.0 Å². The van der Waals surface area contributed by atoms with Gasteiger partial charge in [-0.3, -0.25) is 24.6 Å². The largest absolute Gasteiger partial charge is 0.337 e. The molecule has 1 amide bonds. The summed E-state index contributed by atoms with van der Waals surface area (Å²) in [6, 6.07) is 10.1. The third-order valence-electron chi connectivity index (χ3n) is 5.46. The van der Waals surface area contributed by atoms with E-state index in [0.717, 1.165) is 50.1 Å². The Hall–Kier alpha value is -2.86. The molecule has 4 rings (SSSR count). The Morgan fingerprint density at radius 2 is 1.89 bits per heavy atom. The molecule has 1 fully saturated rings. The Morgan fingerprint density at radius 1 is 1.11 bits per heavy atom. The zero-order chi connectivity index (χ0) is 19.3. The second-order valence-electron chi connectivity index (χ2n) is 7.23. The van der Waals surface area contributed by atoms with Crippen molar-refractivity contribution in [2.45, 2.75) is 32.4 Å². The van der Waals surface area contributed by atoms with Crippen LogP contribution in [0.15, 0.2) is 55.1 Å². The van der Waals surface area contributed by atoms with E-state index in [1.54, 1.807) is 12.4 Å². The summed E-state index contributed by atoms with van der Waals surface area (Å²) in [5, 5.41) is 0. The summed E-state index contributed by atoms with van der Waals surface area (Å²) in [7, 11) is 0. The van der Waals surface area contributed by atoms with Crippen LogP contribution in [0.2, 0.25) is 0 Å². The third-order valence-corrected chi connectivity index (χ3v) is 5.46. The number of likely N-dealkylation sites (N-methyl/N-ethyl adjacent to an activating group) is 1. The van der Waals surface area contributed by atoms with Crippen LogP contribution in [0.4, 0.5) is 0 Å². The van der Waals surface area contributed by atoms with E-state index in [1.807, 2.05) is 35.5 Å². The highest BCUT2D eigenvalue weighted by Crippen LogP contribution is 2.21. The standard InChI is InChI=1S/C22H25N5O/c1-2-26(15-17-7-9-23-10-8-17)19-4-3-13-27(16-19)22(28)18-5-6-20-21(14-18)25-12-11-24-20/h5-12,14,19H,2-4,13,15-16H2,1H3/t19-/m0/s1. The summed E-state index contributed by atoms with van der Waals surface area (Å²) in [6.07, 6.45) is 9.14. The number of benzene rings is 1. The topological polar surface area (TPSA) is 62.2 Å². The fourth-order valence-corrected chi connectivity index (χ4v) is 3.94. The average molecular weight is 375 g/mol. The quantitative estimate of drug-likeness (QED) is 0.685. The molecule has 28 heavy (non-hydrogen) atoms. The van der Waals surface area contributed by atoms with Crippen molar-refractivity contribution in [1.82, 2.24) is 24.8 Å². The molecule has 3 heterocycles. The van der Waals surface area contributed by atoms with Crippen LogP contribution >= 0.6 is 0 Å². The number of aromatic nitrogens is 3. The number of amides is 1. The van der Waals surface area contributed by atoms with Crippen molar-refractivity contribution in [2.24, 2.45) is 0 Å². The van der Waals surface area contributed by atoms with Gasteiger partial charge in [0.1, 0.15) is 0 Å². The van der Waals surface area contributed by atoms with Gasteiger partial charge in [-0.05, 0) is 55.3 Å². The van der Waals surface area contributed by atoms with Crippen molar-refractivity contribution in [3.05, 3.63) is 66.2 Å². The number of pyridine rings is 1. The Morgan fingerprint density at radius 3 is 2.68 bits per heavy atom. The summed E-state index contributed by atoms with van der Waals surface area (Å²) < 4.78 is 0. The third kappa shape index (κ3) is 4.02. The fourth-order valence-electron chi connectivity index (χ4n) is 3.94. The van der Waals surface area contributed by atoms with Crippen molar-refractivity contribution in [3.63, 3.8) is 0 Å². The van der Waals surface area contributed by atoms with Gasteiger partial charge >= 0.3 is 0 Å². The zero-order valence-corrected chi connectivity index (χ0v) is 16.2. The molecule has 0 aliphatic carbocycles. The molecule has 2 aromatic heterocycles. The van der Waals surface area contributed by atoms with E-state index in [0.29, 0.717) is 11.6 Å². The number of piperidine rings is 1. The van der Waals surface area contributed by atoms with E-state index in [2.05, 4.69) is 38.9 Å². The zero-order valence-electron chi connectivity index (χ0n) is 16.2. The van der Waals surface area contributed by atoms with Crippen molar-refractivity contribution in [3.8, 4) is 0 Å². The minimum Gasteiger partial charge on any atom is -0.337 e. The number of fused-ring (bicyclic) bond motifs is 1. The van der Waals surface area contributed by atoms with Crippen LogP contribution in [0.3, 0.4) is 0 Å². The number of likely N-dealkylation sites (tertiary alicyclic amines) is 1. The number of carbonyl (C=O) groups excluding carboxylic acids is 1. The van der Waals surface area contributed by atoms with Crippen LogP contribution in [0.1, 0.15) is 35.7 Å². The minimum absolute atomic E-state index is 0.0808. The highest BCUT2D eigenvalue weighted by molar-refractivity contribution is 5.97. The summed E-state index contributed by atoms with van der Waals surface area (Å²) in [6.45, 7) is 5.60. The van der Waals surface area contributed by atoms with Gasteiger partial charge in [0.15, 0.2) is 0 Å². The summed E-state index contributed by atoms with van der Waals surface area (Å²) in [5.74, 6) is 0.0808. The fraction of sp³-hybridized carbons (Fsp3) is 0.364. The molecule has 1 aromatic carbocycles. The maximum atomic E-state index is 13.1. The average Bonchev–Trinajstić information content (AvgIpc) is 2.77. The molecule has 0 bridgehead atoms. The lowest BCUT2D eigenvalue weighted by molar-refractivity contribution is 0.0569. The number of rotatable bonds is 5. The number of carbonyl (C=O) groups is 1. The minimum atomic E-state index is 0.0808. The lowest BCUT2D eigenvalue weighted by atomic mass is 10.0. The Bertz CT molecular complexity index is 946. The van der Waals surface area contributed by atoms with E-state index >= 15 is 0 Å². The van der Waals surface area contributed by atoms with Gasteiger partial charge in [0, 0.05) is 56.0 Å². The molecule has 0 saturated carbocycles. The molecule has 0 unspecified atom stereocenters. The molecule has 0 N–H and O–H groups in total. The molecule has 0 spiro atoms. The Kier molecular flexibility index (Phi) is 5.58. The highest BCUT2D eigenvalue weighted by Gasteiger charge is 2.28. The molecular formula is C22H25N5O. The van der Waals surface area contributed by atoms with Crippen LogP contribution in [-0.2, 0) is 6.54 Å². The van der Waals surface area contributed by atoms with E-state index < -0.39 is 0 Å². The predicted molar refractivity (Wildman–Crippen MR) is 109 cm³/mol. The molecule has 6 heteroatoms. The van der Waals surface area contributed by atoms with Gasteiger partial charge in [0.05, 0.1) is 11.0 Å². The molecule has 1 aliphatic rings.